The Hall–Kier alpha value is -2.17. The van der Waals surface area contributed by atoms with Crippen LogP contribution in [0.1, 0.15) is 31.4 Å². The maximum Gasteiger partial charge on any atom is 0.163 e. The highest BCUT2D eigenvalue weighted by atomic mass is 16.1. The van der Waals surface area contributed by atoms with Crippen molar-refractivity contribution in [3.63, 3.8) is 0 Å². The van der Waals surface area contributed by atoms with E-state index in [-0.39, 0.29) is 11.8 Å². The van der Waals surface area contributed by atoms with Crippen LogP contribution in [-0.4, -0.2) is 36.4 Å². The number of ketones is 1. The van der Waals surface area contributed by atoms with Gasteiger partial charge in [0.2, 0.25) is 0 Å². The van der Waals surface area contributed by atoms with E-state index in [1.807, 2.05) is 6.07 Å². The number of hydrogen-bond donors (Lipinski definition) is 1. The number of anilines is 1. The third-order valence-corrected chi connectivity index (χ3v) is 5.15. The van der Waals surface area contributed by atoms with Crippen LogP contribution in [0, 0.1) is 5.92 Å². The van der Waals surface area contributed by atoms with Crippen LogP contribution in [0.5, 0.6) is 0 Å². The highest BCUT2D eigenvalue weighted by Crippen LogP contribution is 2.26. The molecule has 0 bridgehead atoms. The fourth-order valence-electron chi connectivity index (χ4n) is 3.74. The zero-order valence-corrected chi connectivity index (χ0v) is 16.5. The second kappa shape index (κ2) is 9.16. The number of fused-ring (bicyclic) bond motifs is 1. The van der Waals surface area contributed by atoms with Gasteiger partial charge in [-0.3, -0.25) is 9.69 Å². The second-order valence-electron chi connectivity index (χ2n) is 7.95. The monoisotopic (exact) mass is 365 g/mol. The second-order valence-corrected chi connectivity index (χ2v) is 7.95. The van der Waals surface area contributed by atoms with Crippen LogP contribution in [0.3, 0.4) is 0 Å². The van der Waals surface area contributed by atoms with Crippen LogP contribution in [0.25, 0.3) is 0 Å². The molecule has 4 nitrogen and oxygen atoms in total. The molecule has 2 aromatic rings. The molecule has 1 aliphatic rings. The van der Waals surface area contributed by atoms with Crippen molar-refractivity contribution in [3.8, 4) is 0 Å². The summed E-state index contributed by atoms with van der Waals surface area (Å²) in [5.41, 5.74) is 9.95. The van der Waals surface area contributed by atoms with Gasteiger partial charge >= 0.3 is 0 Å². The zero-order valence-electron chi connectivity index (χ0n) is 16.5. The van der Waals surface area contributed by atoms with Crippen LogP contribution in [-0.2, 0) is 17.9 Å². The molecule has 0 aromatic heterocycles. The molecule has 2 aromatic carbocycles. The Morgan fingerprint density at radius 1 is 1.04 bits per heavy atom. The van der Waals surface area contributed by atoms with E-state index in [9.17, 15) is 4.79 Å². The molecular weight excluding hydrogens is 334 g/mol. The maximum atomic E-state index is 12.6. The predicted octanol–water partition coefficient (Wildman–Crippen LogP) is 3.45. The molecule has 0 radical (unpaired) electrons. The minimum Gasteiger partial charge on any atom is -0.366 e. The Morgan fingerprint density at radius 3 is 2.48 bits per heavy atom. The Morgan fingerprint density at radius 2 is 1.74 bits per heavy atom. The summed E-state index contributed by atoms with van der Waals surface area (Å²) in [5.74, 6) is 0.591. The topological polar surface area (TPSA) is 49.6 Å². The van der Waals surface area contributed by atoms with Gasteiger partial charge in [0.15, 0.2) is 5.78 Å². The largest absolute Gasteiger partial charge is 0.366 e. The summed E-state index contributed by atoms with van der Waals surface area (Å²) < 4.78 is 0. The molecule has 27 heavy (non-hydrogen) atoms. The number of carbonyl (C=O) groups excluding carboxylic acids is 1. The minimum absolute atomic E-state index is 0.151. The van der Waals surface area contributed by atoms with Crippen LogP contribution in [0.2, 0.25) is 0 Å². The lowest BCUT2D eigenvalue weighted by molar-refractivity contribution is -0.121. The van der Waals surface area contributed by atoms with E-state index < -0.39 is 0 Å². The molecule has 1 heterocycles. The van der Waals surface area contributed by atoms with E-state index in [0.29, 0.717) is 12.5 Å². The van der Waals surface area contributed by atoms with Crippen molar-refractivity contribution in [1.82, 2.24) is 4.90 Å². The molecule has 0 fully saturated rings. The standard InChI is InChI=1S/C23H31N3O/c1-18(2)14-21(24)23(27)17-25-12-13-26(15-19-8-4-3-5-9-19)22-11-7-6-10-20(22)16-25/h3-11,18,21H,12-17,24H2,1-2H3/t21-/m0/s1. The molecule has 144 valence electrons. The summed E-state index contributed by atoms with van der Waals surface area (Å²) in [4.78, 5) is 17.2. The van der Waals surface area contributed by atoms with Crippen molar-refractivity contribution in [3.05, 3.63) is 65.7 Å². The lowest BCUT2D eigenvalue weighted by atomic mass is 10.0. The smallest absolute Gasteiger partial charge is 0.163 e. The molecule has 2 N–H and O–H groups in total. The van der Waals surface area contributed by atoms with Crippen molar-refractivity contribution in [2.75, 3.05) is 24.5 Å². The van der Waals surface area contributed by atoms with Crippen LogP contribution in [0.4, 0.5) is 5.69 Å². The maximum absolute atomic E-state index is 12.6. The first-order valence-corrected chi connectivity index (χ1v) is 9.90. The van der Waals surface area contributed by atoms with E-state index >= 15 is 0 Å². The van der Waals surface area contributed by atoms with Crippen molar-refractivity contribution in [2.45, 2.75) is 39.4 Å². The number of hydrogen-bond acceptors (Lipinski definition) is 4. The Labute approximate surface area is 163 Å². The highest BCUT2D eigenvalue weighted by molar-refractivity contribution is 5.85. The average molecular weight is 366 g/mol. The molecule has 3 rings (SSSR count). The molecule has 0 aliphatic carbocycles. The number of nitrogens with zero attached hydrogens (tertiary/aromatic N) is 2. The Kier molecular flexibility index (Phi) is 6.64. The summed E-state index contributed by atoms with van der Waals surface area (Å²) >= 11 is 0. The van der Waals surface area contributed by atoms with E-state index in [1.54, 1.807) is 0 Å². The molecule has 0 saturated heterocycles. The first-order chi connectivity index (χ1) is 13.0. The van der Waals surface area contributed by atoms with Crippen molar-refractivity contribution in [1.29, 1.82) is 0 Å². The van der Waals surface area contributed by atoms with Crippen molar-refractivity contribution >= 4 is 11.5 Å². The van der Waals surface area contributed by atoms with Gasteiger partial charge in [0.05, 0.1) is 12.6 Å². The minimum atomic E-state index is -0.357. The van der Waals surface area contributed by atoms with Gasteiger partial charge in [0, 0.05) is 31.9 Å². The Bertz CT molecular complexity index is 744. The zero-order chi connectivity index (χ0) is 19.2. The lowest BCUT2D eigenvalue weighted by Gasteiger charge is -2.25. The van der Waals surface area contributed by atoms with Gasteiger partial charge in [0.1, 0.15) is 0 Å². The summed E-state index contributed by atoms with van der Waals surface area (Å²) in [6, 6.07) is 18.7. The van der Waals surface area contributed by atoms with E-state index in [2.05, 4.69) is 72.2 Å². The van der Waals surface area contributed by atoms with Crippen molar-refractivity contribution < 1.29 is 4.79 Å². The van der Waals surface area contributed by atoms with Gasteiger partial charge in [-0.15, -0.1) is 0 Å². The third-order valence-electron chi connectivity index (χ3n) is 5.15. The van der Waals surface area contributed by atoms with E-state index in [0.717, 1.165) is 32.6 Å². The molecule has 0 spiro atoms. The van der Waals surface area contributed by atoms with E-state index in [4.69, 9.17) is 5.73 Å². The molecule has 1 aliphatic heterocycles. The number of Topliss-reactive ketones (excluding diaryl/α,β-unsaturated/α-hetero) is 1. The first-order valence-electron chi connectivity index (χ1n) is 9.90. The van der Waals surface area contributed by atoms with Crippen LogP contribution in [0.15, 0.2) is 54.6 Å². The molecular formula is C23H31N3O. The van der Waals surface area contributed by atoms with Gasteiger partial charge in [-0.25, -0.2) is 0 Å². The van der Waals surface area contributed by atoms with Gasteiger partial charge in [-0.05, 0) is 29.5 Å². The third kappa shape index (κ3) is 5.41. The fraction of sp³-hybridized carbons (Fsp3) is 0.435. The summed E-state index contributed by atoms with van der Waals surface area (Å²) in [6.45, 7) is 8.09. The summed E-state index contributed by atoms with van der Waals surface area (Å²) in [5, 5.41) is 0. The predicted molar refractivity (Wildman–Crippen MR) is 112 cm³/mol. The fourth-order valence-corrected chi connectivity index (χ4v) is 3.74. The SMILES string of the molecule is CC(C)C[C@H](N)C(=O)CN1CCN(Cc2ccccc2)c2ccccc2C1. The van der Waals surface area contributed by atoms with Gasteiger partial charge in [-0.2, -0.15) is 0 Å². The molecule has 0 unspecified atom stereocenters. The molecule has 4 heteroatoms. The van der Waals surface area contributed by atoms with Gasteiger partial charge in [-0.1, -0.05) is 62.4 Å². The van der Waals surface area contributed by atoms with Gasteiger partial charge < -0.3 is 10.6 Å². The normalized spacial score (nSPS) is 16.1. The first kappa shape index (κ1) is 19.6. The summed E-state index contributed by atoms with van der Waals surface area (Å²) in [6.07, 6.45) is 0.753. The number of rotatable bonds is 7. The van der Waals surface area contributed by atoms with Crippen LogP contribution < -0.4 is 10.6 Å². The van der Waals surface area contributed by atoms with Gasteiger partial charge in [0.25, 0.3) is 0 Å². The lowest BCUT2D eigenvalue weighted by Crippen LogP contribution is -2.41. The number of benzene rings is 2. The highest BCUT2D eigenvalue weighted by Gasteiger charge is 2.23. The number of carbonyl (C=O) groups is 1. The molecule has 0 saturated carbocycles. The number of nitrogens with two attached hydrogens (primary N) is 1. The summed E-state index contributed by atoms with van der Waals surface area (Å²) in [7, 11) is 0. The Balaban J connectivity index is 1.72. The number of para-hydroxylation sites is 1. The van der Waals surface area contributed by atoms with E-state index in [1.165, 1.54) is 16.8 Å². The molecule has 0 amide bonds. The van der Waals surface area contributed by atoms with Crippen LogP contribution >= 0.6 is 0 Å². The average Bonchev–Trinajstić information content (AvgIpc) is 2.81. The quantitative estimate of drug-likeness (QED) is 0.816. The van der Waals surface area contributed by atoms with Crippen molar-refractivity contribution in [2.24, 2.45) is 11.7 Å². The molecule has 1 atom stereocenters.